The van der Waals surface area contributed by atoms with Crippen molar-refractivity contribution in [3.63, 3.8) is 0 Å². The summed E-state index contributed by atoms with van der Waals surface area (Å²) in [7, 11) is 1.86. The summed E-state index contributed by atoms with van der Waals surface area (Å²) in [6.07, 6.45) is 8.38. The summed E-state index contributed by atoms with van der Waals surface area (Å²) in [5.74, 6) is 1.09. The molecule has 1 N–H and O–H groups in total. The molecule has 0 radical (unpaired) electrons. The topological polar surface area (TPSA) is 111 Å². The quantitative estimate of drug-likeness (QED) is 0.254. The summed E-state index contributed by atoms with van der Waals surface area (Å²) in [5.41, 5.74) is 6.11. The van der Waals surface area contributed by atoms with Crippen molar-refractivity contribution in [2.45, 2.75) is 76.5 Å². The number of hydrogen-bond donors (Lipinski definition) is 1. The molecule has 0 saturated heterocycles. The number of benzene rings is 1. The van der Waals surface area contributed by atoms with Crippen LogP contribution in [-0.4, -0.2) is 55.7 Å². The smallest absolute Gasteiger partial charge is 0.408 e. The van der Waals surface area contributed by atoms with Crippen LogP contribution in [0.5, 0.6) is 0 Å². The van der Waals surface area contributed by atoms with Gasteiger partial charge in [-0.1, -0.05) is 18.7 Å². The average Bonchev–Trinajstić information content (AvgIpc) is 3.51. The van der Waals surface area contributed by atoms with E-state index < -0.39 is 17.2 Å². The Kier molecular flexibility index (Phi) is 6.72. The molecule has 10 heteroatoms. The van der Waals surface area contributed by atoms with E-state index in [2.05, 4.69) is 18.0 Å². The van der Waals surface area contributed by atoms with Crippen LogP contribution in [0.3, 0.4) is 0 Å². The summed E-state index contributed by atoms with van der Waals surface area (Å²) in [6, 6.07) is 9.78. The molecular formula is C35H38N6O4. The van der Waals surface area contributed by atoms with Gasteiger partial charge in [-0.3, -0.25) is 4.79 Å². The lowest BCUT2D eigenvalue weighted by molar-refractivity contribution is 0.0364. The average molecular weight is 607 g/mol. The number of ether oxygens (including phenoxy) is 2. The van der Waals surface area contributed by atoms with Crippen molar-refractivity contribution in [3.05, 3.63) is 89.3 Å². The van der Waals surface area contributed by atoms with Crippen LogP contribution < -0.4 is 5.32 Å². The van der Waals surface area contributed by atoms with Gasteiger partial charge < -0.3 is 19.7 Å². The third-order valence-corrected chi connectivity index (χ3v) is 9.28. The van der Waals surface area contributed by atoms with Crippen molar-refractivity contribution < 1.29 is 19.1 Å². The monoisotopic (exact) mass is 606 g/mol. The highest BCUT2D eigenvalue weighted by Crippen LogP contribution is 2.53. The van der Waals surface area contributed by atoms with E-state index in [1.807, 2.05) is 87.0 Å². The first kappa shape index (κ1) is 29.0. The lowest BCUT2D eigenvalue weighted by Gasteiger charge is -2.41. The van der Waals surface area contributed by atoms with Gasteiger partial charge >= 0.3 is 6.09 Å². The highest BCUT2D eigenvalue weighted by Gasteiger charge is 2.46. The highest BCUT2D eigenvalue weighted by molar-refractivity contribution is 5.99. The number of aromatic nitrogens is 4. The van der Waals surface area contributed by atoms with E-state index in [1.54, 1.807) is 0 Å². The first-order chi connectivity index (χ1) is 21.5. The van der Waals surface area contributed by atoms with Crippen molar-refractivity contribution in [1.29, 1.82) is 0 Å². The van der Waals surface area contributed by atoms with Gasteiger partial charge in [0.2, 0.25) is 0 Å². The largest absolute Gasteiger partial charge is 0.494 e. The van der Waals surface area contributed by atoms with E-state index in [0.717, 1.165) is 64.7 Å². The maximum absolute atomic E-state index is 13.6. The molecule has 2 aliphatic carbocycles. The molecule has 2 bridgehead atoms. The van der Waals surface area contributed by atoms with Gasteiger partial charge in [0.1, 0.15) is 16.9 Å². The zero-order chi connectivity index (χ0) is 31.7. The molecule has 0 unspecified atom stereocenters. The lowest BCUT2D eigenvalue weighted by Crippen LogP contribution is -2.53. The van der Waals surface area contributed by atoms with Crippen LogP contribution >= 0.6 is 0 Å². The molecule has 2 amide bonds. The van der Waals surface area contributed by atoms with E-state index in [1.165, 1.54) is 0 Å². The number of pyridine rings is 1. The summed E-state index contributed by atoms with van der Waals surface area (Å²) >= 11 is 0. The molecule has 1 aliphatic heterocycles. The molecule has 4 aromatic rings. The molecule has 4 heterocycles. The van der Waals surface area contributed by atoms with Gasteiger partial charge in [-0.25, -0.2) is 19.3 Å². The standard InChI is InChI=1S/C35H38N6O4/c1-7-44-20(2)23-10-8-11-24-28(23)25-17-27(40(6)31(24)42)30-29(25)26-16-21(12-15-41(26)39-30)22-18-36-32(37-19-22)35(13-9-14-35)38-33(43)45-34(3,4)5/h8,10-12,15-16,18-19,25,27H,2,7,9,13-14,17H2,1,3-6H3,(H,38,43)/t25-,27-/m1/s1. The van der Waals surface area contributed by atoms with Crippen LogP contribution in [0, 0.1) is 0 Å². The molecule has 1 saturated carbocycles. The highest BCUT2D eigenvalue weighted by atomic mass is 16.6. The number of alkyl carbamates (subject to hydrolysis) is 1. The number of nitrogens with zero attached hydrogens (tertiary/aromatic N) is 5. The van der Waals surface area contributed by atoms with Gasteiger partial charge in [0.25, 0.3) is 5.91 Å². The molecule has 1 fully saturated rings. The Hall–Kier alpha value is -4.73. The Balaban J connectivity index is 1.26. The number of nitrogens with one attached hydrogen (secondary N) is 1. The molecular weight excluding hydrogens is 568 g/mol. The van der Waals surface area contributed by atoms with E-state index in [4.69, 9.17) is 24.5 Å². The molecule has 1 aromatic carbocycles. The van der Waals surface area contributed by atoms with Crippen LogP contribution in [0.2, 0.25) is 0 Å². The predicted octanol–water partition coefficient (Wildman–Crippen LogP) is 6.36. The van der Waals surface area contributed by atoms with Gasteiger partial charge in [0, 0.05) is 53.8 Å². The van der Waals surface area contributed by atoms with Crippen LogP contribution in [0.25, 0.3) is 22.4 Å². The normalized spacial score (nSPS) is 19.8. The van der Waals surface area contributed by atoms with Crippen LogP contribution in [0.4, 0.5) is 4.79 Å². The van der Waals surface area contributed by atoms with Crippen molar-refractivity contribution in [2.24, 2.45) is 0 Å². The van der Waals surface area contributed by atoms with Crippen molar-refractivity contribution >= 4 is 23.3 Å². The minimum absolute atomic E-state index is 0.0188. The predicted molar refractivity (Wildman–Crippen MR) is 170 cm³/mol. The van der Waals surface area contributed by atoms with E-state index in [-0.39, 0.29) is 17.9 Å². The Morgan fingerprint density at radius 1 is 1.13 bits per heavy atom. The second-order valence-electron chi connectivity index (χ2n) is 13.2. The minimum Gasteiger partial charge on any atom is -0.494 e. The molecule has 0 spiro atoms. The van der Waals surface area contributed by atoms with Crippen molar-refractivity contribution in [2.75, 3.05) is 13.7 Å². The number of carbonyl (C=O) groups is 2. The van der Waals surface area contributed by atoms with Gasteiger partial charge in [-0.2, -0.15) is 5.10 Å². The van der Waals surface area contributed by atoms with E-state index >= 15 is 0 Å². The maximum atomic E-state index is 13.6. The van der Waals surface area contributed by atoms with Crippen LogP contribution in [0.15, 0.2) is 55.5 Å². The Bertz CT molecular complexity index is 1850. The number of amides is 2. The number of rotatable bonds is 6. The Morgan fingerprint density at radius 2 is 1.89 bits per heavy atom. The zero-order valence-electron chi connectivity index (χ0n) is 26.4. The fourth-order valence-electron chi connectivity index (χ4n) is 7.03. The number of carbonyl (C=O) groups excluding carboxylic acids is 2. The van der Waals surface area contributed by atoms with Gasteiger partial charge in [-0.15, -0.1) is 0 Å². The second kappa shape index (κ2) is 10.4. The van der Waals surface area contributed by atoms with E-state index in [0.29, 0.717) is 23.8 Å². The van der Waals surface area contributed by atoms with Crippen molar-refractivity contribution in [1.82, 2.24) is 29.8 Å². The second-order valence-corrected chi connectivity index (χ2v) is 13.2. The Labute approximate surface area is 262 Å². The minimum atomic E-state index is -0.618. The number of fused-ring (bicyclic) bond motifs is 9. The zero-order valence-corrected chi connectivity index (χ0v) is 26.4. The maximum Gasteiger partial charge on any atom is 0.408 e. The van der Waals surface area contributed by atoms with Crippen molar-refractivity contribution in [3.8, 4) is 11.1 Å². The molecule has 232 valence electrons. The Morgan fingerprint density at radius 3 is 2.56 bits per heavy atom. The fourth-order valence-corrected chi connectivity index (χ4v) is 7.03. The summed E-state index contributed by atoms with van der Waals surface area (Å²) in [5, 5.41) is 8.02. The van der Waals surface area contributed by atoms with Gasteiger partial charge in [-0.05, 0) is 82.7 Å². The van der Waals surface area contributed by atoms with Crippen LogP contribution in [-0.2, 0) is 15.0 Å². The number of hydrogen-bond acceptors (Lipinski definition) is 7. The molecule has 10 nitrogen and oxygen atoms in total. The third kappa shape index (κ3) is 4.74. The lowest BCUT2D eigenvalue weighted by atomic mass is 9.76. The van der Waals surface area contributed by atoms with Crippen LogP contribution in [0.1, 0.15) is 104 Å². The first-order valence-corrected chi connectivity index (χ1v) is 15.6. The summed E-state index contributed by atoms with van der Waals surface area (Å²) in [4.78, 5) is 37.5. The first-order valence-electron chi connectivity index (χ1n) is 15.6. The van der Waals surface area contributed by atoms with E-state index in [9.17, 15) is 9.59 Å². The molecule has 2 atom stereocenters. The molecule has 3 aliphatic rings. The molecule has 7 rings (SSSR count). The summed E-state index contributed by atoms with van der Waals surface area (Å²) in [6.45, 7) is 12.2. The SMILES string of the molecule is C=C(OCC)c1cccc2c1[C@H]1C[C@H](c3nn4ccc(-c5cnc(C6(NC(=O)OC(C)(C)C)CCC6)nc5)cc4c31)N(C)C2=O. The summed E-state index contributed by atoms with van der Waals surface area (Å²) < 4.78 is 13.3. The van der Waals surface area contributed by atoms with Gasteiger partial charge in [0.15, 0.2) is 5.82 Å². The molecule has 45 heavy (non-hydrogen) atoms. The van der Waals surface area contributed by atoms with Gasteiger partial charge in [0.05, 0.1) is 23.9 Å². The third-order valence-electron chi connectivity index (χ3n) is 9.28. The molecule has 3 aromatic heterocycles. The fraction of sp³-hybridized carbons (Fsp3) is 0.400.